The van der Waals surface area contributed by atoms with E-state index in [1.807, 2.05) is 65.3 Å². The quantitative estimate of drug-likeness (QED) is 0.520. The van der Waals surface area contributed by atoms with Gasteiger partial charge in [0, 0.05) is 12.4 Å². The van der Waals surface area contributed by atoms with Crippen LogP contribution in [-0.2, 0) is 13.1 Å². The maximum absolute atomic E-state index is 12.4. The molecule has 0 aliphatic carbocycles. The molecule has 142 valence electrons. The molecule has 8 heteroatoms. The van der Waals surface area contributed by atoms with E-state index in [-0.39, 0.29) is 10.6 Å². The highest BCUT2D eigenvalue weighted by molar-refractivity contribution is 6.32. The summed E-state index contributed by atoms with van der Waals surface area (Å²) in [7, 11) is 0. The fourth-order valence-corrected chi connectivity index (χ4v) is 2.99. The number of ether oxygens (including phenoxy) is 1. The normalized spacial score (nSPS) is 10.9. The predicted octanol–water partition coefficient (Wildman–Crippen LogP) is 3.24. The third-order valence-electron chi connectivity index (χ3n) is 4.17. The summed E-state index contributed by atoms with van der Waals surface area (Å²) < 4.78 is 8.83. The van der Waals surface area contributed by atoms with Crippen molar-refractivity contribution in [3.05, 3.63) is 88.2 Å². The lowest BCUT2D eigenvalue weighted by atomic mass is 10.3. The molecule has 0 saturated heterocycles. The first-order chi connectivity index (χ1) is 13.7. The monoisotopic (exact) mass is 395 g/mol. The molecule has 0 radical (unpaired) electrons. The molecule has 1 aromatic carbocycles. The van der Waals surface area contributed by atoms with Crippen LogP contribution in [-0.4, -0.2) is 25.8 Å². The minimum Gasteiger partial charge on any atom is -0.492 e. The maximum Gasteiger partial charge on any atom is 0.287 e. The second-order valence-corrected chi connectivity index (χ2v) is 6.49. The Morgan fingerprint density at radius 3 is 2.75 bits per heavy atom. The van der Waals surface area contributed by atoms with Crippen molar-refractivity contribution in [3.63, 3.8) is 0 Å². The fraction of sp³-hybridized carbons (Fsp3) is 0.150. The number of aromatic nitrogens is 4. The molecule has 0 spiro atoms. The Kier molecular flexibility index (Phi) is 5.25. The van der Waals surface area contributed by atoms with Crippen LogP contribution >= 0.6 is 11.6 Å². The molecule has 4 rings (SSSR count). The molecule has 0 fully saturated rings. The van der Waals surface area contributed by atoms with Gasteiger partial charge in [-0.3, -0.25) is 4.79 Å². The summed E-state index contributed by atoms with van der Waals surface area (Å²) in [5, 5.41) is 7.40. The number of pyridine rings is 1. The number of imidazole rings is 1. The number of nitrogens with one attached hydrogen (secondary N) is 1. The number of nitrogens with zero attached hydrogens (tertiary/aromatic N) is 4. The average Bonchev–Trinajstić information content (AvgIpc) is 3.14. The first-order valence-electron chi connectivity index (χ1n) is 8.80. The number of para-hydroxylation sites is 1. The van der Waals surface area contributed by atoms with Gasteiger partial charge in [0.25, 0.3) is 5.56 Å². The lowest BCUT2D eigenvalue weighted by Crippen LogP contribution is -2.26. The molecule has 0 atom stereocenters. The number of anilines is 1. The summed E-state index contributed by atoms with van der Waals surface area (Å²) in [6, 6.07) is 15.2. The van der Waals surface area contributed by atoms with Crippen LogP contribution in [0.2, 0.25) is 5.02 Å². The Bertz CT molecular complexity index is 1110. The van der Waals surface area contributed by atoms with Crippen LogP contribution in [0.4, 0.5) is 5.69 Å². The lowest BCUT2D eigenvalue weighted by Gasteiger charge is -2.10. The Morgan fingerprint density at radius 1 is 1.11 bits per heavy atom. The summed E-state index contributed by atoms with van der Waals surface area (Å²) in [6.45, 7) is 1.06. The molecule has 1 N–H and O–H groups in total. The third kappa shape index (κ3) is 3.99. The molecule has 4 aromatic rings. The van der Waals surface area contributed by atoms with Gasteiger partial charge in [0.15, 0.2) is 0 Å². The van der Waals surface area contributed by atoms with Gasteiger partial charge in [0.2, 0.25) is 0 Å². The van der Waals surface area contributed by atoms with Gasteiger partial charge in [-0.05, 0) is 24.3 Å². The first-order valence-corrected chi connectivity index (χ1v) is 9.18. The number of fused-ring (bicyclic) bond motifs is 1. The van der Waals surface area contributed by atoms with Crippen molar-refractivity contribution in [3.8, 4) is 5.75 Å². The maximum atomic E-state index is 12.4. The second-order valence-electron chi connectivity index (χ2n) is 6.11. The van der Waals surface area contributed by atoms with Crippen LogP contribution in [0.1, 0.15) is 5.69 Å². The van der Waals surface area contributed by atoms with Gasteiger partial charge in [-0.25, -0.2) is 9.67 Å². The van der Waals surface area contributed by atoms with E-state index in [2.05, 4.69) is 15.4 Å². The number of hydrogen-bond acceptors (Lipinski definition) is 5. The van der Waals surface area contributed by atoms with Gasteiger partial charge in [-0.2, -0.15) is 5.10 Å². The van der Waals surface area contributed by atoms with Crippen molar-refractivity contribution >= 4 is 22.9 Å². The molecule has 0 aliphatic heterocycles. The minimum absolute atomic E-state index is 0.0958. The van der Waals surface area contributed by atoms with Gasteiger partial charge in [-0.1, -0.05) is 35.9 Å². The van der Waals surface area contributed by atoms with E-state index in [1.54, 1.807) is 6.20 Å². The Hall–Kier alpha value is -3.32. The number of benzene rings is 1. The topological polar surface area (TPSA) is 73.5 Å². The highest BCUT2D eigenvalue weighted by atomic mass is 35.5. The molecule has 0 amide bonds. The van der Waals surface area contributed by atoms with E-state index < -0.39 is 0 Å². The summed E-state index contributed by atoms with van der Waals surface area (Å²) in [5.41, 5.74) is 1.81. The van der Waals surface area contributed by atoms with Crippen molar-refractivity contribution < 1.29 is 4.74 Å². The SMILES string of the molecule is O=c1c(Cl)c(NCc2cn3ccccc3n2)cnn1CCOc1ccccc1. The molecule has 0 saturated carbocycles. The number of hydrogen-bond donors (Lipinski definition) is 1. The molecule has 28 heavy (non-hydrogen) atoms. The van der Waals surface area contributed by atoms with E-state index >= 15 is 0 Å². The third-order valence-corrected chi connectivity index (χ3v) is 4.54. The summed E-state index contributed by atoms with van der Waals surface area (Å²) in [6.07, 6.45) is 5.40. The average molecular weight is 396 g/mol. The Balaban J connectivity index is 1.40. The van der Waals surface area contributed by atoms with Gasteiger partial charge < -0.3 is 14.5 Å². The van der Waals surface area contributed by atoms with E-state index in [9.17, 15) is 4.79 Å². The standard InChI is InChI=1S/C20H18ClN5O2/c21-19-17(22-12-15-14-25-9-5-4-8-18(25)24-15)13-23-26(20(19)27)10-11-28-16-6-2-1-3-7-16/h1-9,13-14,22H,10-12H2. The van der Waals surface area contributed by atoms with Crippen molar-refractivity contribution in [1.82, 2.24) is 19.2 Å². The van der Waals surface area contributed by atoms with Crippen molar-refractivity contribution in [2.24, 2.45) is 0 Å². The smallest absolute Gasteiger partial charge is 0.287 e. The zero-order chi connectivity index (χ0) is 19.3. The molecule has 0 bridgehead atoms. The Morgan fingerprint density at radius 2 is 1.93 bits per heavy atom. The first kappa shape index (κ1) is 18.1. The second kappa shape index (κ2) is 8.14. The largest absolute Gasteiger partial charge is 0.492 e. The number of rotatable bonds is 7. The Labute approximate surface area is 166 Å². The fourth-order valence-electron chi connectivity index (χ4n) is 2.77. The zero-order valence-electron chi connectivity index (χ0n) is 15.0. The van der Waals surface area contributed by atoms with Crippen LogP contribution in [0.3, 0.4) is 0 Å². The lowest BCUT2D eigenvalue weighted by molar-refractivity contribution is 0.288. The molecule has 0 unspecified atom stereocenters. The van der Waals surface area contributed by atoms with Gasteiger partial charge in [0.05, 0.1) is 30.7 Å². The summed E-state index contributed by atoms with van der Waals surface area (Å²) >= 11 is 6.24. The summed E-state index contributed by atoms with van der Waals surface area (Å²) in [4.78, 5) is 16.9. The van der Waals surface area contributed by atoms with Crippen molar-refractivity contribution in [2.45, 2.75) is 13.1 Å². The van der Waals surface area contributed by atoms with Crippen molar-refractivity contribution in [2.75, 3.05) is 11.9 Å². The van der Waals surface area contributed by atoms with E-state index in [0.717, 1.165) is 17.1 Å². The minimum atomic E-state index is -0.363. The van der Waals surface area contributed by atoms with Gasteiger partial charge in [0.1, 0.15) is 23.0 Å². The molecule has 3 heterocycles. The molecule has 0 aliphatic rings. The highest BCUT2D eigenvalue weighted by Gasteiger charge is 2.10. The predicted molar refractivity (Wildman–Crippen MR) is 108 cm³/mol. The van der Waals surface area contributed by atoms with Crippen LogP contribution in [0.5, 0.6) is 5.75 Å². The molecular formula is C20H18ClN5O2. The molecular weight excluding hydrogens is 378 g/mol. The van der Waals surface area contributed by atoms with Gasteiger partial charge in [-0.15, -0.1) is 0 Å². The summed E-state index contributed by atoms with van der Waals surface area (Å²) in [5.74, 6) is 0.743. The van der Waals surface area contributed by atoms with Crippen LogP contribution in [0.15, 0.2) is 71.9 Å². The van der Waals surface area contributed by atoms with Gasteiger partial charge >= 0.3 is 0 Å². The molecule has 7 nitrogen and oxygen atoms in total. The van der Waals surface area contributed by atoms with Crippen molar-refractivity contribution in [1.29, 1.82) is 0 Å². The number of halogens is 1. The van der Waals surface area contributed by atoms with E-state index in [4.69, 9.17) is 16.3 Å². The molecule has 3 aromatic heterocycles. The van der Waals surface area contributed by atoms with Crippen LogP contribution in [0, 0.1) is 0 Å². The zero-order valence-corrected chi connectivity index (χ0v) is 15.7. The highest BCUT2D eigenvalue weighted by Crippen LogP contribution is 2.16. The van der Waals surface area contributed by atoms with E-state index in [0.29, 0.717) is 25.4 Å². The van der Waals surface area contributed by atoms with Crippen LogP contribution < -0.4 is 15.6 Å². The van der Waals surface area contributed by atoms with E-state index in [1.165, 1.54) is 4.68 Å². The van der Waals surface area contributed by atoms with Crippen LogP contribution in [0.25, 0.3) is 5.65 Å².